The molecule has 2 aliphatic rings. The van der Waals surface area contributed by atoms with E-state index >= 15 is 0 Å². The van der Waals surface area contributed by atoms with Crippen LogP contribution in [0, 0.1) is 23.2 Å². The van der Waals surface area contributed by atoms with Crippen molar-refractivity contribution in [1.29, 1.82) is 0 Å². The third-order valence-electron chi connectivity index (χ3n) is 5.16. The molecule has 0 bridgehead atoms. The van der Waals surface area contributed by atoms with Crippen LogP contribution in [0.5, 0.6) is 0 Å². The maximum absolute atomic E-state index is 11.0. The molecule has 4 unspecified atom stereocenters. The first-order valence-electron chi connectivity index (χ1n) is 6.44. The van der Waals surface area contributed by atoms with Crippen LogP contribution in [0.25, 0.3) is 0 Å². The minimum Gasteiger partial charge on any atom is -0.362 e. The van der Waals surface area contributed by atoms with Crippen molar-refractivity contribution in [3.8, 4) is 0 Å². The Morgan fingerprint density at radius 2 is 2.19 bits per heavy atom. The Morgan fingerprint density at radius 3 is 2.81 bits per heavy atom. The maximum Gasteiger partial charge on any atom is 0.123 e. The molecule has 3 heteroatoms. The molecule has 0 aromatic rings. The summed E-state index contributed by atoms with van der Waals surface area (Å²) in [7, 11) is 2.43. The molecule has 0 aromatic heterocycles. The van der Waals surface area contributed by atoms with Crippen molar-refractivity contribution in [3.63, 3.8) is 0 Å². The molecule has 0 radical (unpaired) electrons. The van der Waals surface area contributed by atoms with E-state index in [-0.39, 0.29) is 5.92 Å². The third kappa shape index (κ3) is 1.84. The Balaban J connectivity index is 2.20. The topological polar surface area (TPSA) is 26.3 Å². The summed E-state index contributed by atoms with van der Waals surface area (Å²) in [6.45, 7) is 4.46. The van der Waals surface area contributed by atoms with E-state index in [4.69, 9.17) is 4.52 Å². The summed E-state index contributed by atoms with van der Waals surface area (Å²) < 4.78 is 5.56. The molecule has 2 rings (SSSR count). The average Bonchev–Trinajstić information content (AvgIpc) is 2.64. The van der Waals surface area contributed by atoms with Gasteiger partial charge in [-0.1, -0.05) is 20.3 Å². The number of carbonyl (C=O) groups is 1. The molecule has 6 atom stereocenters. The van der Waals surface area contributed by atoms with Gasteiger partial charge in [-0.3, -0.25) is 0 Å². The fourth-order valence-electron chi connectivity index (χ4n) is 4.28. The highest BCUT2D eigenvalue weighted by Crippen LogP contribution is 2.58. The number of hydrogen-bond donors (Lipinski definition) is 0. The van der Waals surface area contributed by atoms with Crippen molar-refractivity contribution in [2.45, 2.75) is 52.1 Å². The van der Waals surface area contributed by atoms with Gasteiger partial charge in [0.1, 0.15) is 6.29 Å². The highest BCUT2D eigenvalue weighted by atomic mass is 31.0. The number of carbonyl (C=O) groups excluding carboxylic acids is 1. The SMILES string of the molecule is C[C@H](C=O)C1CCC2C(OP)CCC[C@@]21C. The first-order chi connectivity index (χ1) is 7.63. The van der Waals surface area contributed by atoms with Gasteiger partial charge in [0, 0.05) is 15.4 Å². The lowest BCUT2D eigenvalue weighted by molar-refractivity contribution is -0.114. The van der Waals surface area contributed by atoms with Crippen LogP contribution in [-0.4, -0.2) is 12.4 Å². The zero-order valence-corrected chi connectivity index (χ0v) is 11.5. The van der Waals surface area contributed by atoms with Crippen LogP contribution in [0.3, 0.4) is 0 Å². The van der Waals surface area contributed by atoms with Gasteiger partial charge in [0.2, 0.25) is 0 Å². The van der Waals surface area contributed by atoms with Crippen LogP contribution < -0.4 is 0 Å². The fraction of sp³-hybridized carbons (Fsp3) is 0.923. The summed E-state index contributed by atoms with van der Waals surface area (Å²) in [6.07, 6.45) is 7.67. The van der Waals surface area contributed by atoms with E-state index in [1.54, 1.807) is 0 Å². The molecule has 0 heterocycles. The molecule has 0 saturated heterocycles. The highest BCUT2D eigenvalue weighted by Gasteiger charge is 2.52. The molecule has 0 N–H and O–H groups in total. The van der Waals surface area contributed by atoms with Crippen molar-refractivity contribution < 1.29 is 9.32 Å². The van der Waals surface area contributed by atoms with Gasteiger partial charge in [0.05, 0.1) is 6.10 Å². The molecule has 2 nitrogen and oxygen atoms in total. The van der Waals surface area contributed by atoms with Gasteiger partial charge in [-0.05, 0) is 42.9 Å². The van der Waals surface area contributed by atoms with E-state index in [2.05, 4.69) is 23.3 Å². The Labute approximate surface area is 101 Å². The molecule has 2 saturated carbocycles. The molecule has 2 fully saturated rings. The predicted molar refractivity (Wildman–Crippen MR) is 68.0 cm³/mol. The second-order valence-corrected chi connectivity index (χ2v) is 6.13. The van der Waals surface area contributed by atoms with Crippen molar-refractivity contribution >= 4 is 15.8 Å². The quantitative estimate of drug-likeness (QED) is 0.561. The van der Waals surface area contributed by atoms with E-state index in [0.717, 1.165) is 6.29 Å². The van der Waals surface area contributed by atoms with Gasteiger partial charge in [-0.25, -0.2) is 0 Å². The van der Waals surface area contributed by atoms with Gasteiger partial charge < -0.3 is 9.32 Å². The van der Waals surface area contributed by atoms with Crippen molar-refractivity contribution in [2.24, 2.45) is 23.2 Å². The second kappa shape index (κ2) is 4.74. The first kappa shape index (κ1) is 12.5. The standard InChI is InChI=1S/C13H23O2P/c1-9(8-14)10-5-6-11-12(15-16)4-3-7-13(10,11)2/h8-12H,3-7,16H2,1-2H3/t9-,10?,11?,12?,13-/m1/s1. The van der Waals surface area contributed by atoms with Crippen molar-refractivity contribution in [2.75, 3.05) is 0 Å². The first-order valence-corrected chi connectivity index (χ1v) is 6.91. The number of fused-ring (bicyclic) bond motifs is 1. The zero-order chi connectivity index (χ0) is 11.8. The summed E-state index contributed by atoms with van der Waals surface area (Å²) in [5, 5.41) is 0. The maximum atomic E-state index is 11.0. The van der Waals surface area contributed by atoms with E-state index in [1.807, 2.05) is 0 Å². The number of aldehydes is 1. The summed E-state index contributed by atoms with van der Waals surface area (Å²) in [5.41, 5.74) is 0.333. The van der Waals surface area contributed by atoms with Gasteiger partial charge in [0.15, 0.2) is 0 Å². The van der Waals surface area contributed by atoms with Crippen LogP contribution in [0.15, 0.2) is 0 Å². The van der Waals surface area contributed by atoms with Crippen molar-refractivity contribution in [1.82, 2.24) is 0 Å². The molecule has 0 spiro atoms. The van der Waals surface area contributed by atoms with E-state index in [1.165, 1.54) is 32.1 Å². The van der Waals surface area contributed by atoms with Gasteiger partial charge >= 0.3 is 0 Å². The van der Waals surface area contributed by atoms with E-state index in [9.17, 15) is 4.79 Å². The Hall–Kier alpha value is 0.0600. The van der Waals surface area contributed by atoms with Crippen LogP contribution in [0.4, 0.5) is 0 Å². The van der Waals surface area contributed by atoms with Crippen molar-refractivity contribution in [3.05, 3.63) is 0 Å². The lowest BCUT2D eigenvalue weighted by Crippen LogP contribution is -2.41. The Morgan fingerprint density at radius 1 is 1.44 bits per heavy atom. The van der Waals surface area contributed by atoms with E-state index < -0.39 is 0 Å². The molecule has 92 valence electrons. The van der Waals surface area contributed by atoms with E-state index in [0.29, 0.717) is 23.4 Å². The fourth-order valence-corrected chi connectivity index (χ4v) is 4.61. The molecule has 0 aromatic carbocycles. The summed E-state index contributed by atoms with van der Waals surface area (Å²) in [5.74, 6) is 1.43. The molecule has 0 amide bonds. The average molecular weight is 242 g/mol. The summed E-state index contributed by atoms with van der Waals surface area (Å²) in [6, 6.07) is 0. The number of rotatable bonds is 3. The van der Waals surface area contributed by atoms with Crippen LogP contribution >= 0.6 is 9.47 Å². The lowest BCUT2D eigenvalue weighted by atomic mass is 9.62. The van der Waals surface area contributed by atoms with Crippen LogP contribution in [0.1, 0.15) is 46.0 Å². The summed E-state index contributed by atoms with van der Waals surface area (Å²) in [4.78, 5) is 11.0. The molecule has 16 heavy (non-hydrogen) atoms. The minimum atomic E-state index is 0.207. The smallest absolute Gasteiger partial charge is 0.123 e. The third-order valence-corrected chi connectivity index (χ3v) is 5.51. The molecule has 0 aliphatic heterocycles. The summed E-state index contributed by atoms with van der Waals surface area (Å²) >= 11 is 0. The molecular weight excluding hydrogens is 219 g/mol. The molecule has 2 aliphatic carbocycles. The minimum absolute atomic E-state index is 0.207. The number of hydrogen-bond acceptors (Lipinski definition) is 2. The second-order valence-electron chi connectivity index (χ2n) is 5.86. The van der Waals surface area contributed by atoms with Gasteiger partial charge in [0.25, 0.3) is 0 Å². The van der Waals surface area contributed by atoms with Gasteiger partial charge in [-0.2, -0.15) is 0 Å². The zero-order valence-electron chi connectivity index (χ0n) is 10.3. The van der Waals surface area contributed by atoms with Gasteiger partial charge in [-0.15, -0.1) is 0 Å². The van der Waals surface area contributed by atoms with Crippen LogP contribution in [0.2, 0.25) is 0 Å². The molecular formula is C13H23O2P. The van der Waals surface area contributed by atoms with Crippen LogP contribution in [-0.2, 0) is 9.32 Å². The Kier molecular flexibility index (Phi) is 3.71. The predicted octanol–water partition coefficient (Wildman–Crippen LogP) is 3.21. The normalized spacial score (nSPS) is 45.1. The lowest BCUT2D eigenvalue weighted by Gasteiger charge is -2.45. The highest BCUT2D eigenvalue weighted by molar-refractivity contribution is 7.09. The largest absolute Gasteiger partial charge is 0.362 e. The monoisotopic (exact) mass is 242 g/mol. The Bertz CT molecular complexity index is 269.